The summed E-state index contributed by atoms with van der Waals surface area (Å²) in [5, 5.41) is 26.5. The molecule has 5 rings (SSSR count). The lowest BCUT2D eigenvalue weighted by Crippen LogP contribution is -2.90. The highest BCUT2D eigenvalue weighted by molar-refractivity contribution is 5.98. The molecule has 0 spiro atoms. The molecule has 2 aliphatic rings. The van der Waals surface area contributed by atoms with Crippen molar-refractivity contribution in [3.8, 4) is 0 Å². The Balaban J connectivity index is 1.22. The lowest BCUT2D eigenvalue weighted by Gasteiger charge is -2.13. The minimum atomic E-state index is -0.234. The Morgan fingerprint density at radius 3 is 2.89 bits per heavy atom. The molecule has 1 fully saturated rings. The number of hydrogen-bond donors (Lipinski definition) is 7. The minimum absolute atomic E-state index is 0.234. The topological polar surface area (TPSA) is 142 Å². The van der Waals surface area contributed by atoms with Gasteiger partial charge in [-0.05, 0) is 43.3 Å². The number of amides is 1. The van der Waals surface area contributed by atoms with Crippen molar-refractivity contribution < 1.29 is 15.5 Å². The molecule has 0 saturated carbocycles. The zero-order chi connectivity index (χ0) is 24.0. The molecule has 2 aromatic carbocycles. The van der Waals surface area contributed by atoms with E-state index >= 15 is 0 Å². The largest absolute Gasteiger partial charge is 0.316 e. The number of aromatic nitrogens is 2. The highest BCUT2D eigenvalue weighted by Gasteiger charge is 2.23. The van der Waals surface area contributed by atoms with Gasteiger partial charge >= 0.3 is 0 Å². The fraction of sp³-hybridized carbons (Fsp3) is 0.240. The fourth-order valence-corrected chi connectivity index (χ4v) is 4.40. The molecule has 10 nitrogen and oxygen atoms in total. The van der Waals surface area contributed by atoms with Crippen LogP contribution in [-0.4, -0.2) is 41.5 Å². The van der Waals surface area contributed by atoms with Crippen LogP contribution in [0.25, 0.3) is 16.6 Å². The molecule has 1 aromatic heterocycles. The zero-order valence-electron chi connectivity index (χ0n) is 19.4. The van der Waals surface area contributed by atoms with Gasteiger partial charge in [0.2, 0.25) is 0 Å². The average molecular weight is 474 g/mol. The number of fused-ring (bicyclic) bond motifs is 1. The van der Waals surface area contributed by atoms with Crippen molar-refractivity contribution in [2.45, 2.75) is 25.3 Å². The molecule has 9 N–H and O–H groups in total. The number of quaternary nitrogens is 2. The summed E-state index contributed by atoms with van der Waals surface area (Å²) < 4.78 is 0. The van der Waals surface area contributed by atoms with Crippen LogP contribution in [0.5, 0.6) is 0 Å². The zero-order valence-corrected chi connectivity index (χ0v) is 19.4. The second-order valence-corrected chi connectivity index (χ2v) is 8.75. The van der Waals surface area contributed by atoms with E-state index in [0.717, 1.165) is 60.3 Å². The number of carbonyl (C=O) groups excluding carboxylic acids is 1. The van der Waals surface area contributed by atoms with Crippen LogP contribution in [0.3, 0.4) is 0 Å². The van der Waals surface area contributed by atoms with Crippen molar-refractivity contribution in [2.75, 3.05) is 18.1 Å². The van der Waals surface area contributed by atoms with Crippen LogP contribution in [0.2, 0.25) is 0 Å². The second-order valence-electron chi connectivity index (χ2n) is 8.75. The third-order valence-electron chi connectivity index (χ3n) is 6.36. The molecule has 1 atom stereocenters. The Hall–Kier alpha value is -3.83. The second kappa shape index (κ2) is 10.6. The normalized spacial score (nSPS) is 18.9. The number of nitrogens with two attached hydrogens (primary N) is 2. The highest BCUT2D eigenvalue weighted by Crippen LogP contribution is 2.22. The first-order chi connectivity index (χ1) is 17.2. The molecular formula is C25H31N9O+2. The predicted octanol–water partition coefficient (Wildman–Crippen LogP) is 0.291. The molecule has 0 bridgehead atoms. The monoisotopic (exact) mass is 473 g/mol. The van der Waals surface area contributed by atoms with Crippen molar-refractivity contribution in [3.05, 3.63) is 77.9 Å². The van der Waals surface area contributed by atoms with Gasteiger partial charge in [-0.15, -0.1) is 0 Å². The van der Waals surface area contributed by atoms with E-state index in [1.165, 1.54) is 6.21 Å². The third kappa shape index (κ3) is 5.31. The van der Waals surface area contributed by atoms with E-state index in [9.17, 15) is 4.79 Å². The number of rotatable bonds is 7. The van der Waals surface area contributed by atoms with Crippen molar-refractivity contribution in [2.24, 2.45) is 0 Å². The average Bonchev–Trinajstić information content (AvgIpc) is 3.47. The molecule has 1 amide bonds. The van der Waals surface area contributed by atoms with E-state index in [4.69, 9.17) is 5.41 Å². The van der Waals surface area contributed by atoms with Crippen LogP contribution in [0.15, 0.2) is 66.6 Å². The quantitative estimate of drug-likeness (QED) is 0.195. The highest BCUT2D eigenvalue weighted by atomic mass is 16.1. The van der Waals surface area contributed by atoms with Crippen molar-refractivity contribution in [1.29, 1.82) is 5.41 Å². The number of allylic oxidation sites excluding steroid dienone is 1. The molecular weight excluding hydrogens is 442 g/mol. The summed E-state index contributed by atoms with van der Waals surface area (Å²) in [6.45, 7) is 2.06. The van der Waals surface area contributed by atoms with Gasteiger partial charge in [0.05, 0.1) is 23.4 Å². The van der Waals surface area contributed by atoms with Gasteiger partial charge in [0.15, 0.2) is 11.4 Å². The molecule has 0 aliphatic carbocycles. The lowest BCUT2D eigenvalue weighted by atomic mass is 10.1. The number of carbonyl (C=O) groups is 1. The molecule has 0 radical (unpaired) electrons. The Kier molecular flexibility index (Phi) is 6.96. The first-order valence-corrected chi connectivity index (χ1v) is 11.9. The lowest BCUT2D eigenvalue weighted by molar-refractivity contribution is -0.628. The summed E-state index contributed by atoms with van der Waals surface area (Å²) in [4.78, 5) is 12.7. The van der Waals surface area contributed by atoms with Crippen molar-refractivity contribution in [1.82, 2.24) is 26.4 Å². The Bertz CT molecular complexity index is 1250. The Morgan fingerprint density at radius 1 is 1.17 bits per heavy atom. The number of benzene rings is 2. The van der Waals surface area contributed by atoms with Crippen LogP contribution in [-0.2, 0) is 0 Å². The van der Waals surface area contributed by atoms with E-state index in [1.54, 1.807) is 12.1 Å². The summed E-state index contributed by atoms with van der Waals surface area (Å²) in [5.74, 6) is -0.234. The number of nitrogens with one attached hydrogen (secondary N) is 5. The van der Waals surface area contributed by atoms with Gasteiger partial charge in [0.1, 0.15) is 11.9 Å². The number of anilines is 1. The molecule has 1 unspecified atom stereocenters. The summed E-state index contributed by atoms with van der Waals surface area (Å²) in [5.41, 5.74) is 9.90. The predicted molar refractivity (Wildman–Crippen MR) is 135 cm³/mol. The Morgan fingerprint density at radius 2 is 2.03 bits per heavy atom. The van der Waals surface area contributed by atoms with Crippen molar-refractivity contribution in [3.63, 3.8) is 0 Å². The maximum absolute atomic E-state index is 12.7. The summed E-state index contributed by atoms with van der Waals surface area (Å²) >= 11 is 0. The number of H-pyrrole nitrogens is 1. The molecule has 1 saturated heterocycles. The van der Waals surface area contributed by atoms with Gasteiger partial charge in [0.25, 0.3) is 5.91 Å². The number of para-hydroxylation sites is 1. The molecule has 35 heavy (non-hydrogen) atoms. The molecule has 3 aromatic rings. The van der Waals surface area contributed by atoms with Gasteiger partial charge < -0.3 is 21.4 Å². The van der Waals surface area contributed by atoms with E-state index in [-0.39, 0.29) is 5.91 Å². The van der Waals surface area contributed by atoms with E-state index in [0.29, 0.717) is 17.3 Å². The molecule has 3 heterocycles. The van der Waals surface area contributed by atoms with Gasteiger partial charge in [-0.2, -0.15) is 5.10 Å². The number of hydrogen-bond acceptors (Lipinski definition) is 6. The van der Waals surface area contributed by atoms with Gasteiger partial charge in [-0.25, -0.2) is 10.4 Å². The Labute approximate surface area is 203 Å². The number of aromatic amines is 1. The SMILES string of the molecule is N=CC(=C[NH2+]C1CCCNCC1)NC(=O)c1ccc(N2C=C(c3n[nH]c4ccccc34)[NH2+]N2)cc1. The summed E-state index contributed by atoms with van der Waals surface area (Å²) in [6, 6.07) is 15.8. The van der Waals surface area contributed by atoms with Gasteiger partial charge in [0, 0.05) is 36.6 Å². The van der Waals surface area contributed by atoms with Crippen LogP contribution in [0.4, 0.5) is 5.69 Å². The van der Waals surface area contributed by atoms with Crippen LogP contribution in [0, 0.1) is 5.41 Å². The smallest absolute Gasteiger partial charge is 0.255 e. The first-order valence-electron chi connectivity index (χ1n) is 11.9. The van der Waals surface area contributed by atoms with E-state index in [2.05, 4.69) is 31.7 Å². The number of nitrogens with zero attached hydrogens (tertiary/aromatic N) is 2. The number of hydrazine groups is 1. The molecule has 10 heteroatoms. The molecule has 180 valence electrons. The van der Waals surface area contributed by atoms with Gasteiger partial charge in [-0.3, -0.25) is 9.89 Å². The summed E-state index contributed by atoms with van der Waals surface area (Å²) in [6.07, 6.45) is 8.36. The van der Waals surface area contributed by atoms with E-state index in [1.807, 2.05) is 59.2 Å². The minimum Gasteiger partial charge on any atom is -0.316 e. The first kappa shape index (κ1) is 22.9. The van der Waals surface area contributed by atoms with Crippen LogP contribution < -0.4 is 31.9 Å². The summed E-state index contributed by atoms with van der Waals surface area (Å²) in [7, 11) is 0. The van der Waals surface area contributed by atoms with Crippen LogP contribution in [0.1, 0.15) is 35.3 Å². The molecule has 2 aliphatic heterocycles. The third-order valence-corrected chi connectivity index (χ3v) is 6.36. The van der Waals surface area contributed by atoms with Gasteiger partial charge in [-0.1, -0.05) is 23.7 Å². The van der Waals surface area contributed by atoms with Crippen molar-refractivity contribution >= 4 is 34.4 Å². The standard InChI is InChI=1S/C25H29N9O/c26-14-19(15-28-18-4-3-12-27-13-11-18)29-25(35)17-7-9-20(10-8-17)34-16-23(31-33-34)24-21-5-1-2-6-22(21)30-32-24/h1-2,5-10,14-16,18,26-28,31,33H,3-4,11-13H2,(H,29,35)(H,30,32)/p+2. The van der Waals surface area contributed by atoms with Crippen LogP contribution >= 0.6 is 0 Å². The van der Waals surface area contributed by atoms with E-state index < -0.39 is 0 Å². The fourth-order valence-electron chi connectivity index (χ4n) is 4.40. The maximum Gasteiger partial charge on any atom is 0.255 e. The maximum atomic E-state index is 12.7.